The molecule has 7 nitrogen and oxygen atoms in total. The number of hydrogen-bond donors (Lipinski definition) is 2. The Morgan fingerprint density at radius 2 is 1.62 bits per heavy atom. The maximum absolute atomic E-state index is 13.1. The Labute approximate surface area is 171 Å². The molecule has 0 atom stereocenters. The van der Waals surface area contributed by atoms with E-state index in [-0.39, 0.29) is 21.7 Å². The van der Waals surface area contributed by atoms with Crippen LogP contribution in [0.15, 0.2) is 47.4 Å². The van der Waals surface area contributed by atoms with Crippen LogP contribution in [-0.2, 0) is 10.0 Å². The van der Waals surface area contributed by atoms with Gasteiger partial charge in [-0.2, -0.15) is 4.31 Å². The van der Waals surface area contributed by atoms with E-state index < -0.39 is 21.8 Å². The molecule has 0 spiro atoms. The maximum Gasteiger partial charge on any atom is 0.255 e. The smallest absolute Gasteiger partial charge is 0.255 e. The topological polar surface area (TPSA) is 110 Å². The molecule has 0 aromatic heterocycles. The number of carbonyl (C=O) groups excluding carboxylic acids is 2. The Morgan fingerprint density at radius 1 is 0.966 bits per heavy atom. The average Bonchev–Trinajstić information content (AvgIpc) is 2.98. The fourth-order valence-electron chi connectivity index (χ4n) is 3.43. The van der Waals surface area contributed by atoms with Gasteiger partial charge in [0.2, 0.25) is 10.0 Å². The van der Waals surface area contributed by atoms with Gasteiger partial charge >= 0.3 is 0 Å². The molecule has 1 heterocycles. The first-order chi connectivity index (χ1) is 13.8. The van der Waals surface area contributed by atoms with Crippen molar-refractivity contribution in [2.24, 2.45) is 5.73 Å². The van der Waals surface area contributed by atoms with Gasteiger partial charge in [-0.1, -0.05) is 31.0 Å². The lowest BCUT2D eigenvalue weighted by molar-refractivity contribution is 0.100. The molecule has 2 aromatic rings. The molecule has 0 radical (unpaired) electrons. The number of nitrogens with zero attached hydrogens (tertiary/aromatic N) is 1. The number of primary amides is 1. The zero-order valence-corrected chi connectivity index (χ0v) is 17.2. The number of amides is 2. The van der Waals surface area contributed by atoms with Crippen molar-refractivity contribution in [1.82, 2.24) is 4.31 Å². The lowest BCUT2D eigenvalue weighted by Crippen LogP contribution is -2.32. The summed E-state index contributed by atoms with van der Waals surface area (Å²) < 4.78 is 27.6. The quantitative estimate of drug-likeness (QED) is 0.782. The summed E-state index contributed by atoms with van der Waals surface area (Å²) in [6, 6.07) is 11.0. The highest BCUT2D eigenvalue weighted by atomic mass is 32.2. The first-order valence-electron chi connectivity index (χ1n) is 9.61. The lowest BCUT2D eigenvalue weighted by Gasteiger charge is -2.20. The molecule has 1 saturated heterocycles. The molecule has 1 fully saturated rings. The van der Waals surface area contributed by atoms with Gasteiger partial charge in [0, 0.05) is 18.7 Å². The number of hydrogen-bond acceptors (Lipinski definition) is 4. The van der Waals surface area contributed by atoms with E-state index in [2.05, 4.69) is 5.32 Å². The second-order valence-corrected chi connectivity index (χ2v) is 9.10. The summed E-state index contributed by atoms with van der Waals surface area (Å²) in [4.78, 5) is 24.5. The van der Waals surface area contributed by atoms with Gasteiger partial charge in [-0.3, -0.25) is 9.59 Å². The molecule has 2 amide bonds. The Kier molecular flexibility index (Phi) is 6.34. The SMILES string of the molecule is Cc1ccc(S(=O)(=O)N2CCCCCC2)cc1C(=O)Nc1ccccc1C(N)=O. The number of sulfonamides is 1. The number of para-hydroxylation sites is 1. The highest BCUT2D eigenvalue weighted by Gasteiger charge is 2.26. The standard InChI is InChI=1S/C21H25N3O4S/c1-15-10-11-16(29(27,28)24-12-6-2-3-7-13-24)14-18(15)21(26)23-19-9-5-4-8-17(19)20(22)25/h4-5,8-11,14H,2-3,6-7,12-13H2,1H3,(H2,22,25)(H,23,26). The van der Waals surface area contributed by atoms with Crippen LogP contribution in [0, 0.1) is 6.92 Å². The van der Waals surface area contributed by atoms with E-state index in [4.69, 9.17) is 5.73 Å². The van der Waals surface area contributed by atoms with E-state index in [1.165, 1.54) is 22.5 Å². The molecule has 0 unspecified atom stereocenters. The molecule has 8 heteroatoms. The zero-order valence-electron chi connectivity index (χ0n) is 16.3. The number of carbonyl (C=O) groups is 2. The molecule has 3 rings (SSSR count). The molecule has 29 heavy (non-hydrogen) atoms. The normalized spacial score (nSPS) is 15.5. The summed E-state index contributed by atoms with van der Waals surface area (Å²) in [5.41, 5.74) is 6.70. The Balaban J connectivity index is 1.91. The fourth-order valence-corrected chi connectivity index (χ4v) is 4.98. The fraction of sp³-hybridized carbons (Fsp3) is 0.333. The minimum atomic E-state index is -3.67. The molecule has 3 N–H and O–H groups in total. The second-order valence-electron chi connectivity index (χ2n) is 7.16. The predicted molar refractivity (Wildman–Crippen MR) is 111 cm³/mol. The van der Waals surface area contributed by atoms with E-state index in [9.17, 15) is 18.0 Å². The van der Waals surface area contributed by atoms with Crippen molar-refractivity contribution >= 4 is 27.5 Å². The summed E-state index contributed by atoms with van der Waals surface area (Å²) in [6.45, 7) is 2.71. The summed E-state index contributed by atoms with van der Waals surface area (Å²) in [7, 11) is -3.67. The van der Waals surface area contributed by atoms with Gasteiger partial charge in [0.15, 0.2) is 0 Å². The number of nitrogens with two attached hydrogens (primary N) is 1. The number of rotatable bonds is 5. The molecular weight excluding hydrogens is 390 g/mol. The maximum atomic E-state index is 13.1. The van der Waals surface area contributed by atoms with Crippen LogP contribution in [0.5, 0.6) is 0 Å². The van der Waals surface area contributed by atoms with Crippen LogP contribution in [0.3, 0.4) is 0 Å². The van der Waals surface area contributed by atoms with E-state index in [1.807, 2.05) is 0 Å². The van der Waals surface area contributed by atoms with Gasteiger partial charge in [0.05, 0.1) is 16.1 Å². The molecule has 0 aliphatic carbocycles. The third kappa shape index (κ3) is 4.65. The molecule has 154 valence electrons. The summed E-state index contributed by atoms with van der Waals surface area (Å²) in [5.74, 6) is -1.15. The molecule has 1 aliphatic heterocycles. The predicted octanol–water partition coefficient (Wildman–Crippen LogP) is 2.91. The van der Waals surface area contributed by atoms with Crippen LogP contribution >= 0.6 is 0 Å². The third-order valence-electron chi connectivity index (χ3n) is 5.10. The summed E-state index contributed by atoms with van der Waals surface area (Å²) >= 11 is 0. The van der Waals surface area contributed by atoms with Crippen molar-refractivity contribution in [1.29, 1.82) is 0 Å². The van der Waals surface area contributed by atoms with Crippen LogP contribution in [0.4, 0.5) is 5.69 Å². The van der Waals surface area contributed by atoms with E-state index >= 15 is 0 Å². The molecular formula is C21H25N3O4S. The van der Waals surface area contributed by atoms with Gasteiger partial charge in [0.1, 0.15) is 0 Å². The number of benzene rings is 2. The largest absolute Gasteiger partial charge is 0.366 e. The highest BCUT2D eigenvalue weighted by Crippen LogP contribution is 2.24. The molecule has 2 aromatic carbocycles. The zero-order chi connectivity index (χ0) is 21.0. The van der Waals surface area contributed by atoms with Crippen LogP contribution in [-0.4, -0.2) is 37.6 Å². The third-order valence-corrected chi connectivity index (χ3v) is 6.99. The van der Waals surface area contributed by atoms with Crippen LogP contribution < -0.4 is 11.1 Å². The lowest BCUT2D eigenvalue weighted by atomic mass is 10.1. The van der Waals surface area contributed by atoms with Crippen molar-refractivity contribution in [3.63, 3.8) is 0 Å². The average molecular weight is 416 g/mol. The van der Waals surface area contributed by atoms with Gasteiger partial charge < -0.3 is 11.1 Å². The van der Waals surface area contributed by atoms with Crippen molar-refractivity contribution < 1.29 is 18.0 Å². The second kappa shape index (κ2) is 8.75. The van der Waals surface area contributed by atoms with Crippen molar-refractivity contribution in [2.75, 3.05) is 18.4 Å². The van der Waals surface area contributed by atoms with E-state index in [0.29, 0.717) is 18.7 Å². The van der Waals surface area contributed by atoms with Gasteiger partial charge in [0.25, 0.3) is 11.8 Å². The van der Waals surface area contributed by atoms with E-state index in [0.717, 1.165) is 25.7 Å². The number of anilines is 1. The Morgan fingerprint density at radius 3 is 2.28 bits per heavy atom. The summed E-state index contributed by atoms with van der Waals surface area (Å²) in [5, 5.41) is 2.67. The Hall–Kier alpha value is -2.71. The van der Waals surface area contributed by atoms with Crippen LogP contribution in [0.1, 0.15) is 52.0 Å². The Bertz CT molecular complexity index is 1030. The van der Waals surface area contributed by atoms with Gasteiger partial charge in [-0.05, 0) is 49.6 Å². The first kappa shape index (κ1) is 21.0. The first-order valence-corrected chi connectivity index (χ1v) is 11.1. The van der Waals surface area contributed by atoms with Crippen LogP contribution in [0.25, 0.3) is 0 Å². The monoisotopic (exact) mass is 415 g/mol. The summed E-state index contributed by atoms with van der Waals surface area (Å²) in [6.07, 6.45) is 3.71. The highest BCUT2D eigenvalue weighted by molar-refractivity contribution is 7.89. The molecule has 1 aliphatic rings. The molecule has 0 bridgehead atoms. The van der Waals surface area contributed by atoms with Crippen molar-refractivity contribution in [3.8, 4) is 0 Å². The van der Waals surface area contributed by atoms with Crippen molar-refractivity contribution in [3.05, 3.63) is 59.2 Å². The number of nitrogens with one attached hydrogen (secondary N) is 1. The van der Waals surface area contributed by atoms with Crippen molar-refractivity contribution in [2.45, 2.75) is 37.5 Å². The number of aryl methyl sites for hydroxylation is 1. The molecule has 0 saturated carbocycles. The van der Waals surface area contributed by atoms with Gasteiger partial charge in [-0.25, -0.2) is 8.42 Å². The minimum Gasteiger partial charge on any atom is -0.366 e. The van der Waals surface area contributed by atoms with Crippen LogP contribution in [0.2, 0.25) is 0 Å². The minimum absolute atomic E-state index is 0.0957. The van der Waals surface area contributed by atoms with Gasteiger partial charge in [-0.15, -0.1) is 0 Å². The van der Waals surface area contributed by atoms with E-state index in [1.54, 1.807) is 31.2 Å².